The molecule has 0 aliphatic rings. The van der Waals surface area contributed by atoms with Crippen molar-refractivity contribution in [1.82, 2.24) is 10.6 Å². The number of hydrogen-bond donors (Lipinski definition) is 2. The van der Waals surface area contributed by atoms with Crippen molar-refractivity contribution in [1.29, 1.82) is 0 Å². The Morgan fingerprint density at radius 3 is 2.71 bits per heavy atom. The lowest BCUT2D eigenvalue weighted by molar-refractivity contribution is 0.507. The van der Waals surface area contributed by atoms with Crippen LogP contribution < -0.4 is 10.6 Å². The molecule has 0 radical (unpaired) electrons. The van der Waals surface area contributed by atoms with Gasteiger partial charge in [-0.15, -0.1) is 6.58 Å². The summed E-state index contributed by atoms with van der Waals surface area (Å²) in [6, 6.07) is 14.2. The first-order valence-electron chi connectivity index (χ1n) is 8.15. The molecule has 4 nitrogen and oxygen atoms in total. The molecule has 0 fully saturated rings. The summed E-state index contributed by atoms with van der Waals surface area (Å²) < 4.78 is 5.36. The summed E-state index contributed by atoms with van der Waals surface area (Å²) in [5.41, 5.74) is 1.20. The molecule has 2 N–H and O–H groups in total. The molecule has 0 unspecified atom stereocenters. The smallest absolute Gasteiger partial charge is 0.191 e. The van der Waals surface area contributed by atoms with Gasteiger partial charge < -0.3 is 15.1 Å². The Bertz CT molecular complexity index is 596. The summed E-state index contributed by atoms with van der Waals surface area (Å²) in [6.07, 6.45) is 4.47. The molecule has 2 rings (SSSR count). The summed E-state index contributed by atoms with van der Waals surface area (Å²) in [5.74, 6) is 3.82. The number of thioether (sulfide) groups is 1. The van der Waals surface area contributed by atoms with Crippen LogP contribution in [0, 0.1) is 0 Å². The zero-order valence-corrected chi connectivity index (χ0v) is 14.7. The van der Waals surface area contributed by atoms with Crippen molar-refractivity contribution in [2.24, 2.45) is 4.99 Å². The fourth-order valence-corrected chi connectivity index (χ4v) is 2.68. The lowest BCUT2D eigenvalue weighted by atomic mass is 10.2. The third-order valence-corrected chi connectivity index (χ3v) is 4.25. The lowest BCUT2D eigenvalue weighted by Gasteiger charge is -2.12. The van der Waals surface area contributed by atoms with Crippen LogP contribution in [0.15, 0.2) is 70.8 Å². The van der Waals surface area contributed by atoms with Crippen molar-refractivity contribution in [2.45, 2.75) is 13.0 Å². The van der Waals surface area contributed by atoms with Gasteiger partial charge in [-0.1, -0.05) is 36.4 Å². The molecule has 5 heteroatoms. The maximum Gasteiger partial charge on any atom is 0.191 e. The van der Waals surface area contributed by atoms with Crippen molar-refractivity contribution in [3.05, 3.63) is 72.7 Å². The highest BCUT2D eigenvalue weighted by Crippen LogP contribution is 2.01. The lowest BCUT2D eigenvalue weighted by Crippen LogP contribution is -2.39. The third-order valence-electron chi connectivity index (χ3n) is 3.28. The molecular weight excluding hydrogens is 318 g/mol. The molecule has 0 saturated heterocycles. The van der Waals surface area contributed by atoms with Gasteiger partial charge in [0, 0.05) is 31.0 Å². The van der Waals surface area contributed by atoms with Gasteiger partial charge in [-0.2, -0.15) is 11.8 Å². The molecule has 1 aromatic carbocycles. The summed E-state index contributed by atoms with van der Waals surface area (Å²) >= 11 is 1.85. The second-order valence-electron chi connectivity index (χ2n) is 5.20. The first-order chi connectivity index (χ1) is 11.9. The summed E-state index contributed by atoms with van der Waals surface area (Å²) in [4.78, 5) is 4.67. The van der Waals surface area contributed by atoms with E-state index < -0.39 is 0 Å². The predicted molar refractivity (Wildman–Crippen MR) is 104 cm³/mol. The second kappa shape index (κ2) is 11.4. The molecule has 2 aromatic rings. The number of guanidine groups is 1. The average Bonchev–Trinajstić information content (AvgIpc) is 3.13. The minimum Gasteiger partial charge on any atom is -0.469 e. The fourth-order valence-electron chi connectivity index (χ4n) is 2.10. The second-order valence-corrected chi connectivity index (χ2v) is 6.35. The van der Waals surface area contributed by atoms with Gasteiger partial charge in [-0.3, -0.25) is 0 Å². The van der Waals surface area contributed by atoms with Crippen LogP contribution in [0.4, 0.5) is 0 Å². The standard InChI is InChI=1S/C19H25N3OS/c1-2-14-24-15-12-21-19(20-11-10-18-9-6-13-23-18)22-16-17-7-4-3-5-8-17/h2-9,13H,1,10-12,14-16H2,(H2,20,21,22). The number of hydrogen-bond acceptors (Lipinski definition) is 3. The Kier molecular flexibility index (Phi) is 8.65. The van der Waals surface area contributed by atoms with Crippen molar-refractivity contribution >= 4 is 17.7 Å². The average molecular weight is 343 g/mol. The van der Waals surface area contributed by atoms with E-state index in [9.17, 15) is 0 Å². The quantitative estimate of drug-likeness (QED) is 0.300. The minimum atomic E-state index is 0.663. The van der Waals surface area contributed by atoms with Crippen molar-refractivity contribution < 1.29 is 4.42 Å². The molecule has 0 spiro atoms. The highest BCUT2D eigenvalue weighted by molar-refractivity contribution is 7.99. The van der Waals surface area contributed by atoms with Crippen molar-refractivity contribution in [3.63, 3.8) is 0 Å². The van der Waals surface area contributed by atoms with E-state index in [1.54, 1.807) is 6.26 Å². The van der Waals surface area contributed by atoms with E-state index in [1.165, 1.54) is 5.56 Å². The van der Waals surface area contributed by atoms with Crippen molar-refractivity contribution in [2.75, 3.05) is 24.6 Å². The van der Waals surface area contributed by atoms with E-state index in [4.69, 9.17) is 4.42 Å². The molecule has 0 saturated carbocycles. The minimum absolute atomic E-state index is 0.663. The highest BCUT2D eigenvalue weighted by atomic mass is 32.2. The largest absolute Gasteiger partial charge is 0.469 e. The Balaban J connectivity index is 1.81. The van der Waals surface area contributed by atoms with Gasteiger partial charge in [0.15, 0.2) is 5.96 Å². The Labute approximate surface area is 148 Å². The number of furan rings is 1. The van der Waals surface area contributed by atoms with Crippen LogP contribution in [0.25, 0.3) is 0 Å². The summed E-state index contributed by atoms with van der Waals surface area (Å²) in [6.45, 7) is 6.06. The number of benzene rings is 1. The Morgan fingerprint density at radius 1 is 1.12 bits per heavy atom. The topological polar surface area (TPSA) is 49.6 Å². The van der Waals surface area contributed by atoms with Gasteiger partial charge in [0.05, 0.1) is 12.8 Å². The number of nitrogens with zero attached hydrogens (tertiary/aromatic N) is 1. The van der Waals surface area contributed by atoms with E-state index in [-0.39, 0.29) is 0 Å². The van der Waals surface area contributed by atoms with E-state index in [0.717, 1.165) is 42.7 Å². The first kappa shape index (κ1) is 18.2. The van der Waals surface area contributed by atoms with Crippen LogP contribution in [0.2, 0.25) is 0 Å². The van der Waals surface area contributed by atoms with Crippen molar-refractivity contribution in [3.8, 4) is 0 Å². The number of aliphatic imine (C=N–C) groups is 1. The van der Waals surface area contributed by atoms with Crippen LogP contribution in [0.5, 0.6) is 0 Å². The molecule has 0 aliphatic carbocycles. The van der Waals surface area contributed by atoms with Crippen LogP contribution in [-0.2, 0) is 13.0 Å². The van der Waals surface area contributed by atoms with Gasteiger partial charge in [0.1, 0.15) is 5.76 Å². The zero-order chi connectivity index (χ0) is 16.9. The first-order valence-corrected chi connectivity index (χ1v) is 9.31. The van der Waals surface area contributed by atoms with E-state index in [2.05, 4.69) is 34.3 Å². The van der Waals surface area contributed by atoms with E-state index in [0.29, 0.717) is 6.54 Å². The molecule has 24 heavy (non-hydrogen) atoms. The third kappa shape index (κ3) is 7.42. The SMILES string of the molecule is C=CCSCCNC(=NCc1ccccc1)NCCc1ccco1. The molecule has 0 atom stereocenters. The normalized spacial score (nSPS) is 11.2. The zero-order valence-electron chi connectivity index (χ0n) is 13.9. The van der Waals surface area contributed by atoms with Crippen LogP contribution in [0.1, 0.15) is 11.3 Å². The highest BCUT2D eigenvalue weighted by Gasteiger charge is 2.00. The predicted octanol–water partition coefficient (Wildman–Crippen LogP) is 3.48. The monoisotopic (exact) mass is 343 g/mol. The van der Waals surface area contributed by atoms with Gasteiger partial charge in [0.25, 0.3) is 0 Å². The van der Waals surface area contributed by atoms with Crippen LogP contribution in [0.3, 0.4) is 0 Å². The molecule has 1 heterocycles. The van der Waals surface area contributed by atoms with Gasteiger partial charge in [-0.05, 0) is 17.7 Å². The van der Waals surface area contributed by atoms with Gasteiger partial charge in [0.2, 0.25) is 0 Å². The summed E-state index contributed by atoms with van der Waals surface area (Å²) in [7, 11) is 0. The molecule has 128 valence electrons. The number of rotatable bonds is 10. The van der Waals surface area contributed by atoms with E-state index in [1.807, 2.05) is 48.2 Å². The maximum atomic E-state index is 5.36. The van der Waals surface area contributed by atoms with E-state index >= 15 is 0 Å². The molecule has 0 aliphatic heterocycles. The molecule has 1 aromatic heterocycles. The maximum absolute atomic E-state index is 5.36. The fraction of sp³-hybridized carbons (Fsp3) is 0.316. The molecule has 0 amide bonds. The Hall–Kier alpha value is -2.14. The summed E-state index contributed by atoms with van der Waals surface area (Å²) in [5, 5.41) is 6.75. The number of nitrogens with one attached hydrogen (secondary N) is 2. The Morgan fingerprint density at radius 2 is 1.96 bits per heavy atom. The molecular formula is C19H25N3OS. The van der Waals surface area contributed by atoms with Crippen LogP contribution in [-0.4, -0.2) is 30.6 Å². The van der Waals surface area contributed by atoms with Gasteiger partial charge >= 0.3 is 0 Å². The van der Waals surface area contributed by atoms with Gasteiger partial charge in [-0.25, -0.2) is 4.99 Å². The molecule has 0 bridgehead atoms. The van der Waals surface area contributed by atoms with Crippen LogP contribution >= 0.6 is 11.8 Å².